The highest BCUT2D eigenvalue weighted by Crippen LogP contribution is 2.36. The van der Waals surface area contributed by atoms with Crippen LogP contribution < -0.4 is 0 Å². The highest BCUT2D eigenvalue weighted by molar-refractivity contribution is 6.30. The minimum atomic E-state index is 0.0976. The topological polar surface area (TPSA) is 20.3 Å². The van der Waals surface area contributed by atoms with Crippen molar-refractivity contribution in [2.45, 2.75) is 39.2 Å². The van der Waals surface area contributed by atoms with Crippen molar-refractivity contribution in [2.24, 2.45) is 5.92 Å². The van der Waals surface area contributed by atoms with Crippen molar-refractivity contribution in [1.82, 2.24) is 4.90 Å². The molecule has 0 amide bonds. The Hall–Kier alpha value is -0.860. The number of carbonyl (C=O) groups is 1. The van der Waals surface area contributed by atoms with Crippen molar-refractivity contribution in [3.05, 3.63) is 34.9 Å². The SMILES string of the molecule is CC(=O)[C@@H]1CN(C(C)(C)C)C[C@H]1c1ccc(Cl)cc1. The van der Waals surface area contributed by atoms with Crippen molar-refractivity contribution in [2.75, 3.05) is 13.1 Å². The Morgan fingerprint density at radius 1 is 1.21 bits per heavy atom. The van der Waals surface area contributed by atoms with Crippen LogP contribution in [0.3, 0.4) is 0 Å². The molecule has 0 radical (unpaired) electrons. The quantitative estimate of drug-likeness (QED) is 0.822. The Bertz CT molecular complexity index is 461. The van der Waals surface area contributed by atoms with E-state index in [0.29, 0.717) is 0 Å². The maximum absolute atomic E-state index is 11.9. The van der Waals surface area contributed by atoms with Gasteiger partial charge < -0.3 is 0 Å². The first-order chi connectivity index (χ1) is 8.79. The number of likely N-dealkylation sites (tertiary alicyclic amines) is 1. The number of Topliss-reactive ketones (excluding diaryl/α,β-unsaturated/α-hetero) is 1. The third-order valence-corrected chi connectivity index (χ3v) is 4.34. The number of carbonyl (C=O) groups excluding carboxylic acids is 1. The molecule has 2 atom stereocenters. The van der Waals surface area contributed by atoms with Crippen LogP contribution in [0.5, 0.6) is 0 Å². The van der Waals surface area contributed by atoms with Gasteiger partial charge in [0.15, 0.2) is 0 Å². The van der Waals surface area contributed by atoms with Gasteiger partial charge in [-0.25, -0.2) is 0 Å². The molecule has 1 aromatic carbocycles. The standard InChI is InChI=1S/C16H22ClNO/c1-11(19)14-9-18(16(2,3)4)10-15(14)12-5-7-13(17)8-6-12/h5-8,14-15H,9-10H2,1-4H3/t14-,15-/m0/s1. The van der Waals surface area contributed by atoms with Crippen LogP contribution in [0.4, 0.5) is 0 Å². The van der Waals surface area contributed by atoms with Crippen LogP contribution in [-0.4, -0.2) is 29.3 Å². The zero-order valence-corrected chi connectivity index (χ0v) is 12.9. The second-order valence-electron chi connectivity index (χ2n) is 6.45. The second kappa shape index (κ2) is 5.26. The predicted molar refractivity (Wildman–Crippen MR) is 79.7 cm³/mol. The maximum Gasteiger partial charge on any atom is 0.134 e. The molecule has 3 heteroatoms. The van der Waals surface area contributed by atoms with Crippen molar-refractivity contribution < 1.29 is 4.79 Å². The van der Waals surface area contributed by atoms with E-state index < -0.39 is 0 Å². The molecule has 0 aliphatic carbocycles. The first kappa shape index (κ1) is 14.5. The van der Waals surface area contributed by atoms with E-state index in [-0.39, 0.29) is 23.2 Å². The monoisotopic (exact) mass is 279 g/mol. The largest absolute Gasteiger partial charge is 0.300 e. The molecule has 104 valence electrons. The van der Waals surface area contributed by atoms with Crippen LogP contribution in [0.25, 0.3) is 0 Å². The fraction of sp³-hybridized carbons (Fsp3) is 0.562. The molecule has 0 spiro atoms. The van der Waals surface area contributed by atoms with Gasteiger partial charge in [-0.05, 0) is 45.4 Å². The first-order valence-electron chi connectivity index (χ1n) is 6.80. The van der Waals surface area contributed by atoms with Crippen LogP contribution in [0.1, 0.15) is 39.2 Å². The molecule has 1 aromatic rings. The van der Waals surface area contributed by atoms with Crippen LogP contribution in [0, 0.1) is 5.92 Å². The van der Waals surface area contributed by atoms with Crippen LogP contribution in [-0.2, 0) is 4.79 Å². The van der Waals surface area contributed by atoms with Crippen molar-refractivity contribution >= 4 is 17.4 Å². The van der Waals surface area contributed by atoms with E-state index >= 15 is 0 Å². The number of hydrogen-bond donors (Lipinski definition) is 0. The van der Waals surface area contributed by atoms with Gasteiger partial charge in [-0.3, -0.25) is 9.69 Å². The van der Waals surface area contributed by atoms with Gasteiger partial charge in [0.2, 0.25) is 0 Å². The molecule has 0 N–H and O–H groups in total. The third kappa shape index (κ3) is 3.18. The first-order valence-corrected chi connectivity index (χ1v) is 7.18. The van der Waals surface area contributed by atoms with Crippen molar-refractivity contribution in [3.63, 3.8) is 0 Å². The molecule has 0 saturated carbocycles. The molecule has 1 heterocycles. The van der Waals surface area contributed by atoms with Gasteiger partial charge in [0.05, 0.1) is 0 Å². The number of nitrogens with zero attached hydrogens (tertiary/aromatic N) is 1. The average Bonchev–Trinajstić information content (AvgIpc) is 2.74. The highest BCUT2D eigenvalue weighted by Gasteiger charge is 2.40. The zero-order chi connectivity index (χ0) is 14.2. The van der Waals surface area contributed by atoms with Gasteiger partial charge in [-0.2, -0.15) is 0 Å². The molecule has 0 bridgehead atoms. The summed E-state index contributed by atoms with van der Waals surface area (Å²) in [4.78, 5) is 14.3. The summed E-state index contributed by atoms with van der Waals surface area (Å²) in [7, 11) is 0. The lowest BCUT2D eigenvalue weighted by Crippen LogP contribution is -2.40. The van der Waals surface area contributed by atoms with Gasteiger partial charge in [0.1, 0.15) is 5.78 Å². The molecule has 0 aromatic heterocycles. The van der Waals surface area contributed by atoms with Gasteiger partial charge in [-0.15, -0.1) is 0 Å². The number of rotatable bonds is 2. The molecule has 1 saturated heterocycles. The smallest absolute Gasteiger partial charge is 0.134 e. The Morgan fingerprint density at radius 3 is 2.26 bits per heavy atom. The van der Waals surface area contributed by atoms with E-state index in [1.54, 1.807) is 6.92 Å². The normalized spacial score (nSPS) is 24.7. The molecule has 1 aliphatic rings. The Kier molecular flexibility index (Phi) is 4.03. The predicted octanol–water partition coefficient (Wildman–Crippen LogP) is 3.74. The lowest BCUT2D eigenvalue weighted by molar-refractivity contribution is -0.120. The fourth-order valence-corrected chi connectivity index (χ4v) is 2.94. The Labute approximate surface area is 120 Å². The summed E-state index contributed by atoms with van der Waals surface area (Å²) in [6.07, 6.45) is 0. The minimum Gasteiger partial charge on any atom is -0.300 e. The van der Waals surface area contributed by atoms with Gasteiger partial charge in [0.25, 0.3) is 0 Å². The summed E-state index contributed by atoms with van der Waals surface area (Å²) >= 11 is 5.94. The van der Waals surface area contributed by atoms with Crippen molar-refractivity contribution in [1.29, 1.82) is 0 Å². The molecule has 19 heavy (non-hydrogen) atoms. The molecule has 1 aliphatic heterocycles. The molecular formula is C16H22ClNO. The van der Waals surface area contributed by atoms with Crippen LogP contribution in [0.15, 0.2) is 24.3 Å². The summed E-state index contributed by atoms with van der Waals surface area (Å²) < 4.78 is 0. The molecule has 1 fully saturated rings. The lowest BCUT2D eigenvalue weighted by atomic mass is 9.87. The summed E-state index contributed by atoms with van der Waals surface area (Å²) in [6.45, 7) is 10.1. The molecule has 0 unspecified atom stereocenters. The summed E-state index contributed by atoms with van der Waals surface area (Å²) in [6, 6.07) is 7.92. The molecule has 2 rings (SSSR count). The number of benzene rings is 1. The van der Waals surface area contributed by atoms with Crippen LogP contribution in [0.2, 0.25) is 5.02 Å². The van der Waals surface area contributed by atoms with Gasteiger partial charge >= 0.3 is 0 Å². The Morgan fingerprint density at radius 2 is 1.79 bits per heavy atom. The van der Waals surface area contributed by atoms with Gasteiger partial charge in [0, 0.05) is 35.5 Å². The van der Waals surface area contributed by atoms with E-state index in [9.17, 15) is 4.79 Å². The highest BCUT2D eigenvalue weighted by atomic mass is 35.5. The minimum absolute atomic E-state index is 0.0976. The second-order valence-corrected chi connectivity index (χ2v) is 6.89. The number of hydrogen-bond acceptors (Lipinski definition) is 2. The molecular weight excluding hydrogens is 258 g/mol. The summed E-state index contributed by atoms with van der Waals surface area (Å²) in [5.74, 6) is 0.668. The van der Waals surface area contributed by atoms with Crippen LogP contribution >= 0.6 is 11.6 Å². The fourth-order valence-electron chi connectivity index (χ4n) is 2.81. The van der Waals surface area contributed by atoms with E-state index in [0.717, 1.165) is 18.1 Å². The average molecular weight is 280 g/mol. The summed E-state index contributed by atoms with van der Waals surface area (Å²) in [5.41, 5.74) is 1.32. The zero-order valence-electron chi connectivity index (χ0n) is 12.1. The van der Waals surface area contributed by atoms with E-state index in [4.69, 9.17) is 11.6 Å². The van der Waals surface area contributed by atoms with Gasteiger partial charge in [-0.1, -0.05) is 23.7 Å². The number of halogens is 1. The maximum atomic E-state index is 11.9. The lowest BCUT2D eigenvalue weighted by Gasteiger charge is -2.31. The van der Waals surface area contributed by atoms with E-state index in [1.807, 2.05) is 12.1 Å². The third-order valence-electron chi connectivity index (χ3n) is 4.09. The summed E-state index contributed by atoms with van der Waals surface area (Å²) in [5, 5.41) is 0.744. The van der Waals surface area contributed by atoms with Crippen molar-refractivity contribution in [3.8, 4) is 0 Å². The van der Waals surface area contributed by atoms with E-state index in [2.05, 4.69) is 37.8 Å². The molecule has 2 nitrogen and oxygen atoms in total. The van der Waals surface area contributed by atoms with E-state index in [1.165, 1.54) is 5.56 Å². The Balaban J connectivity index is 2.27. The number of ketones is 1.